The van der Waals surface area contributed by atoms with Crippen LogP contribution in [0.4, 0.5) is 10.2 Å². The van der Waals surface area contributed by atoms with Crippen molar-refractivity contribution in [1.82, 2.24) is 24.5 Å². The van der Waals surface area contributed by atoms with Crippen molar-refractivity contribution in [3.05, 3.63) is 59.9 Å². The molecule has 3 N–H and O–H groups in total. The number of fused-ring (bicyclic) bond motifs is 1. The first-order valence-electron chi connectivity index (χ1n) is 7.93. The fourth-order valence-electron chi connectivity index (χ4n) is 2.65. The van der Waals surface area contributed by atoms with Gasteiger partial charge in [0.05, 0.1) is 6.20 Å². The molecule has 7 nitrogen and oxygen atoms in total. The normalized spacial score (nSPS) is 10.6. The molecule has 0 bridgehead atoms. The third-order valence-corrected chi connectivity index (χ3v) is 3.87. The van der Waals surface area contributed by atoms with Gasteiger partial charge in [-0.05, 0) is 24.1 Å². The Labute approximate surface area is 153 Å². The average Bonchev–Trinajstić information content (AvgIpc) is 2.98. The zero-order chi connectivity index (χ0) is 19.0. The van der Waals surface area contributed by atoms with E-state index in [1.165, 1.54) is 30.6 Å². The highest BCUT2D eigenvalue weighted by atomic mass is 19.1. The number of imidazole rings is 1. The van der Waals surface area contributed by atoms with Crippen molar-refractivity contribution in [3.63, 3.8) is 0 Å². The van der Waals surface area contributed by atoms with E-state index in [0.717, 1.165) is 0 Å². The maximum absolute atomic E-state index is 13.5. The number of halogens is 1. The summed E-state index contributed by atoms with van der Waals surface area (Å²) in [6.45, 7) is 0. The molecule has 132 valence electrons. The van der Waals surface area contributed by atoms with Crippen molar-refractivity contribution in [2.24, 2.45) is 7.05 Å². The molecule has 27 heavy (non-hydrogen) atoms. The summed E-state index contributed by atoms with van der Waals surface area (Å²) in [5, 5.41) is 9.44. The molecule has 0 atom stereocenters. The van der Waals surface area contributed by atoms with Crippen LogP contribution < -0.4 is 5.73 Å². The molecule has 0 aliphatic heterocycles. The number of pyridine rings is 1. The van der Waals surface area contributed by atoms with E-state index in [1.807, 2.05) is 0 Å². The molecule has 0 amide bonds. The van der Waals surface area contributed by atoms with Gasteiger partial charge in [0.15, 0.2) is 17.0 Å². The summed E-state index contributed by atoms with van der Waals surface area (Å²) in [6, 6.07) is 7.60. The summed E-state index contributed by atoms with van der Waals surface area (Å²) < 4.78 is 15.3. The fraction of sp³-hybridized carbons (Fsp3) is 0.0526. The highest BCUT2D eigenvalue weighted by Gasteiger charge is 2.15. The van der Waals surface area contributed by atoms with Gasteiger partial charge in [-0.3, -0.25) is 4.98 Å². The molecule has 0 aliphatic rings. The molecule has 0 unspecified atom stereocenters. The Bertz CT molecular complexity index is 1240. The molecule has 4 aromatic rings. The lowest BCUT2D eigenvalue weighted by atomic mass is 10.2. The number of benzene rings is 1. The molecule has 4 rings (SSSR count). The minimum absolute atomic E-state index is 0.0176. The first-order chi connectivity index (χ1) is 13.0. The molecule has 0 spiro atoms. The van der Waals surface area contributed by atoms with Crippen molar-refractivity contribution in [2.75, 3.05) is 5.73 Å². The first kappa shape index (κ1) is 16.5. The van der Waals surface area contributed by atoms with Gasteiger partial charge < -0.3 is 15.4 Å². The molecule has 0 saturated heterocycles. The maximum atomic E-state index is 13.5. The number of anilines is 1. The summed E-state index contributed by atoms with van der Waals surface area (Å²) in [4.78, 5) is 16.9. The van der Waals surface area contributed by atoms with Gasteiger partial charge in [-0.25, -0.2) is 19.3 Å². The van der Waals surface area contributed by atoms with Gasteiger partial charge in [-0.15, -0.1) is 0 Å². The van der Waals surface area contributed by atoms with E-state index in [-0.39, 0.29) is 23.2 Å². The van der Waals surface area contributed by atoms with Gasteiger partial charge in [-0.2, -0.15) is 0 Å². The van der Waals surface area contributed by atoms with Crippen LogP contribution in [0.2, 0.25) is 0 Å². The number of nitrogen functional groups attached to an aromatic ring is 1. The summed E-state index contributed by atoms with van der Waals surface area (Å²) in [5.41, 5.74) is 8.04. The Balaban J connectivity index is 1.81. The van der Waals surface area contributed by atoms with Crippen LogP contribution >= 0.6 is 0 Å². The van der Waals surface area contributed by atoms with Crippen molar-refractivity contribution in [3.8, 4) is 29.0 Å². The highest BCUT2D eigenvalue weighted by molar-refractivity contribution is 5.85. The smallest absolute Gasteiger partial charge is 0.209 e. The van der Waals surface area contributed by atoms with Crippen LogP contribution in [-0.2, 0) is 7.05 Å². The van der Waals surface area contributed by atoms with E-state index < -0.39 is 0 Å². The summed E-state index contributed by atoms with van der Waals surface area (Å²) >= 11 is 0. The standard InChI is InChI=1S/C19H13FN6O/c1-26-18(12-3-2-4-13(20)8-12)25-16-17(21)23-15(24-19(16)26)6-5-11-7-14(27)10-22-9-11/h2-4,7-10,27H,1H3,(H2,21,23,24). The zero-order valence-corrected chi connectivity index (χ0v) is 14.2. The molecule has 0 radical (unpaired) electrons. The molecular formula is C19H13FN6O. The number of nitrogens with two attached hydrogens (primary N) is 1. The lowest BCUT2D eigenvalue weighted by Gasteiger charge is -2.02. The Kier molecular flexibility index (Phi) is 3.90. The molecule has 3 aromatic heterocycles. The monoisotopic (exact) mass is 360 g/mol. The van der Waals surface area contributed by atoms with Gasteiger partial charge >= 0.3 is 0 Å². The van der Waals surface area contributed by atoms with Gasteiger partial charge in [0.1, 0.15) is 17.4 Å². The third kappa shape index (κ3) is 3.14. The number of aromatic nitrogens is 5. The molecule has 0 saturated carbocycles. The van der Waals surface area contributed by atoms with Gasteiger partial charge in [0, 0.05) is 24.4 Å². The van der Waals surface area contributed by atoms with E-state index in [9.17, 15) is 9.50 Å². The number of nitrogens with zero attached hydrogens (tertiary/aromatic N) is 5. The van der Waals surface area contributed by atoms with Crippen molar-refractivity contribution < 1.29 is 9.50 Å². The van der Waals surface area contributed by atoms with Crippen LogP contribution in [-0.4, -0.2) is 29.6 Å². The average molecular weight is 360 g/mol. The molecule has 0 aliphatic carbocycles. The van der Waals surface area contributed by atoms with Crippen LogP contribution in [0.15, 0.2) is 42.7 Å². The van der Waals surface area contributed by atoms with E-state index in [0.29, 0.717) is 28.1 Å². The zero-order valence-electron chi connectivity index (χ0n) is 14.2. The quantitative estimate of drug-likeness (QED) is 0.505. The van der Waals surface area contributed by atoms with Crippen LogP contribution in [0.25, 0.3) is 22.6 Å². The minimum atomic E-state index is -0.357. The molecular weight excluding hydrogens is 347 g/mol. The molecule has 3 heterocycles. The first-order valence-corrected chi connectivity index (χ1v) is 7.93. The van der Waals surface area contributed by atoms with E-state index in [2.05, 4.69) is 31.8 Å². The topological polar surface area (TPSA) is 103 Å². The Morgan fingerprint density at radius 2 is 1.96 bits per heavy atom. The Morgan fingerprint density at radius 3 is 2.74 bits per heavy atom. The van der Waals surface area contributed by atoms with Crippen molar-refractivity contribution in [1.29, 1.82) is 0 Å². The molecule has 1 aromatic carbocycles. The summed E-state index contributed by atoms with van der Waals surface area (Å²) in [5.74, 6) is 6.19. The van der Waals surface area contributed by atoms with Crippen LogP contribution in [0.1, 0.15) is 11.4 Å². The van der Waals surface area contributed by atoms with E-state index in [4.69, 9.17) is 5.73 Å². The van der Waals surface area contributed by atoms with E-state index >= 15 is 0 Å². The number of hydrogen-bond donors (Lipinski definition) is 2. The lowest BCUT2D eigenvalue weighted by molar-refractivity contribution is 0.472. The van der Waals surface area contributed by atoms with Crippen LogP contribution in [0, 0.1) is 17.7 Å². The van der Waals surface area contributed by atoms with Crippen LogP contribution in [0.5, 0.6) is 5.75 Å². The molecule has 0 fully saturated rings. The second kappa shape index (κ2) is 6.38. The lowest BCUT2D eigenvalue weighted by Crippen LogP contribution is -2.00. The highest BCUT2D eigenvalue weighted by Crippen LogP contribution is 2.25. The Hall–Kier alpha value is -3.99. The molecule has 8 heteroatoms. The third-order valence-electron chi connectivity index (χ3n) is 3.87. The van der Waals surface area contributed by atoms with E-state index in [1.54, 1.807) is 23.7 Å². The van der Waals surface area contributed by atoms with Gasteiger partial charge in [0.2, 0.25) is 5.82 Å². The Morgan fingerprint density at radius 1 is 1.11 bits per heavy atom. The number of rotatable bonds is 1. The predicted molar refractivity (Wildman–Crippen MR) is 98.0 cm³/mol. The largest absolute Gasteiger partial charge is 0.506 e. The number of aromatic hydroxyl groups is 1. The maximum Gasteiger partial charge on any atom is 0.209 e. The van der Waals surface area contributed by atoms with Crippen molar-refractivity contribution in [2.45, 2.75) is 0 Å². The van der Waals surface area contributed by atoms with Gasteiger partial charge in [0.25, 0.3) is 0 Å². The van der Waals surface area contributed by atoms with Crippen LogP contribution in [0.3, 0.4) is 0 Å². The summed E-state index contributed by atoms with van der Waals surface area (Å²) in [7, 11) is 1.76. The second-order valence-electron chi connectivity index (χ2n) is 5.79. The second-order valence-corrected chi connectivity index (χ2v) is 5.79. The SMILES string of the molecule is Cn1c(-c2cccc(F)c2)nc2c(N)nc(C#Cc3cncc(O)c3)nc21. The minimum Gasteiger partial charge on any atom is -0.506 e. The van der Waals surface area contributed by atoms with Gasteiger partial charge in [-0.1, -0.05) is 18.1 Å². The predicted octanol–water partition coefficient (Wildman–Crippen LogP) is 2.25. The number of hydrogen-bond acceptors (Lipinski definition) is 6. The fourth-order valence-corrected chi connectivity index (χ4v) is 2.65. The number of aryl methyl sites for hydroxylation is 1. The summed E-state index contributed by atoms with van der Waals surface area (Å²) in [6.07, 6.45) is 2.83. The van der Waals surface area contributed by atoms with Crippen molar-refractivity contribution >= 4 is 17.0 Å².